The molecule has 0 radical (unpaired) electrons. The number of amides is 1. The van der Waals surface area contributed by atoms with Crippen LogP contribution in [0.5, 0.6) is 0 Å². The lowest BCUT2D eigenvalue weighted by atomic mass is 9.92. The summed E-state index contributed by atoms with van der Waals surface area (Å²) in [7, 11) is 1.86. The number of pyridine rings is 2. The fraction of sp³-hybridized carbons (Fsp3) is 0.417. The van der Waals surface area contributed by atoms with Crippen LogP contribution in [0, 0.1) is 13.8 Å². The second-order valence-corrected chi connectivity index (χ2v) is 8.43. The van der Waals surface area contributed by atoms with Gasteiger partial charge in [-0.1, -0.05) is 18.9 Å². The van der Waals surface area contributed by atoms with Gasteiger partial charge in [0, 0.05) is 25.1 Å². The van der Waals surface area contributed by atoms with E-state index in [1.807, 2.05) is 51.5 Å². The maximum atomic E-state index is 13.1. The molecule has 3 aromatic heterocycles. The molecule has 1 aliphatic rings. The second-order valence-electron chi connectivity index (χ2n) is 8.43. The van der Waals surface area contributed by atoms with Crippen molar-refractivity contribution in [1.82, 2.24) is 25.1 Å². The molecule has 1 saturated carbocycles. The average Bonchev–Trinajstić information content (AvgIpc) is 3.18. The maximum Gasteiger partial charge on any atom is 0.270 e. The molecule has 162 valence electrons. The number of aliphatic hydroxyl groups excluding tert-OH is 1. The number of nitrogens with zero attached hydrogens (tertiary/aromatic N) is 4. The molecule has 7 nitrogen and oxygen atoms in total. The minimum absolute atomic E-state index is 0.229. The van der Waals surface area contributed by atoms with Crippen molar-refractivity contribution in [1.29, 1.82) is 0 Å². The smallest absolute Gasteiger partial charge is 0.270 e. The molecule has 31 heavy (non-hydrogen) atoms. The standard InChI is InChI=1S/C24H29N5O2/c1-15-8-9-17(14-25-15)12-18-13-21(24(31)27-19-6-4-5-7-22(19)30)26-23(16(18)2)20-10-11-29(3)28-20/h8-11,13-14,19,22,30H,4-7,12H2,1-3H3,(H,27,31)/t19-,22-/m0/s1. The molecule has 0 aromatic carbocycles. The van der Waals surface area contributed by atoms with E-state index in [1.165, 1.54) is 0 Å². The molecular weight excluding hydrogens is 390 g/mol. The first kappa shape index (κ1) is 21.2. The van der Waals surface area contributed by atoms with Crippen LogP contribution in [0.15, 0.2) is 36.7 Å². The van der Waals surface area contributed by atoms with Crippen molar-refractivity contribution in [3.8, 4) is 11.4 Å². The van der Waals surface area contributed by atoms with Crippen LogP contribution in [0.2, 0.25) is 0 Å². The van der Waals surface area contributed by atoms with E-state index in [-0.39, 0.29) is 11.9 Å². The Morgan fingerprint density at radius 2 is 2.03 bits per heavy atom. The van der Waals surface area contributed by atoms with Gasteiger partial charge in [0.25, 0.3) is 5.91 Å². The van der Waals surface area contributed by atoms with E-state index in [0.717, 1.165) is 53.8 Å². The van der Waals surface area contributed by atoms with Gasteiger partial charge in [-0.3, -0.25) is 14.5 Å². The van der Waals surface area contributed by atoms with Crippen LogP contribution in [0.4, 0.5) is 0 Å². The molecule has 3 aromatic rings. The molecule has 2 N–H and O–H groups in total. The van der Waals surface area contributed by atoms with E-state index >= 15 is 0 Å². The molecule has 0 aliphatic heterocycles. The summed E-state index contributed by atoms with van der Waals surface area (Å²) in [5.41, 5.74) is 5.82. The lowest BCUT2D eigenvalue weighted by Gasteiger charge is -2.28. The van der Waals surface area contributed by atoms with Crippen LogP contribution in [-0.2, 0) is 13.5 Å². The first-order chi connectivity index (χ1) is 14.9. The molecule has 1 aliphatic carbocycles. The van der Waals surface area contributed by atoms with Crippen LogP contribution in [0.1, 0.15) is 58.6 Å². The highest BCUT2D eigenvalue weighted by Crippen LogP contribution is 2.26. The average molecular weight is 420 g/mol. The molecule has 2 atom stereocenters. The number of carbonyl (C=O) groups is 1. The predicted octanol–water partition coefficient (Wildman–Crippen LogP) is 3.12. The topological polar surface area (TPSA) is 92.9 Å². The Bertz CT molecular complexity index is 1070. The zero-order chi connectivity index (χ0) is 22.0. The summed E-state index contributed by atoms with van der Waals surface area (Å²) in [6.07, 6.45) is 7.39. The van der Waals surface area contributed by atoms with E-state index in [1.54, 1.807) is 4.68 Å². The zero-order valence-corrected chi connectivity index (χ0v) is 18.3. The number of rotatable bonds is 5. The molecular formula is C24H29N5O2. The minimum Gasteiger partial charge on any atom is -0.391 e. The third-order valence-electron chi connectivity index (χ3n) is 5.98. The molecule has 0 saturated heterocycles. The van der Waals surface area contributed by atoms with Gasteiger partial charge in [-0.15, -0.1) is 0 Å². The van der Waals surface area contributed by atoms with Gasteiger partial charge in [0.05, 0.1) is 17.8 Å². The Balaban J connectivity index is 1.70. The normalized spacial score (nSPS) is 18.7. The lowest BCUT2D eigenvalue weighted by Crippen LogP contribution is -2.45. The summed E-state index contributed by atoms with van der Waals surface area (Å²) in [4.78, 5) is 22.2. The van der Waals surface area contributed by atoms with Crippen LogP contribution >= 0.6 is 0 Å². The molecule has 0 unspecified atom stereocenters. The number of aliphatic hydroxyl groups is 1. The van der Waals surface area contributed by atoms with E-state index in [0.29, 0.717) is 17.8 Å². The highest BCUT2D eigenvalue weighted by molar-refractivity contribution is 5.93. The van der Waals surface area contributed by atoms with Crippen LogP contribution < -0.4 is 5.32 Å². The zero-order valence-electron chi connectivity index (χ0n) is 18.3. The molecule has 1 amide bonds. The first-order valence-electron chi connectivity index (χ1n) is 10.8. The summed E-state index contributed by atoms with van der Waals surface area (Å²) < 4.78 is 1.73. The van der Waals surface area contributed by atoms with Gasteiger partial charge in [0.2, 0.25) is 0 Å². The van der Waals surface area contributed by atoms with Gasteiger partial charge in [-0.05, 0) is 68.0 Å². The van der Waals surface area contributed by atoms with Gasteiger partial charge in [0.1, 0.15) is 11.4 Å². The highest BCUT2D eigenvalue weighted by Gasteiger charge is 2.26. The van der Waals surface area contributed by atoms with Crippen LogP contribution in [0.3, 0.4) is 0 Å². The van der Waals surface area contributed by atoms with Crippen molar-refractivity contribution in [2.45, 2.75) is 58.1 Å². The van der Waals surface area contributed by atoms with Crippen molar-refractivity contribution in [2.24, 2.45) is 7.05 Å². The largest absolute Gasteiger partial charge is 0.391 e. The summed E-state index contributed by atoms with van der Waals surface area (Å²) >= 11 is 0. The quantitative estimate of drug-likeness (QED) is 0.663. The van der Waals surface area contributed by atoms with Gasteiger partial charge >= 0.3 is 0 Å². The Morgan fingerprint density at radius 1 is 1.23 bits per heavy atom. The lowest BCUT2D eigenvalue weighted by molar-refractivity contribution is 0.0714. The Kier molecular flexibility index (Phi) is 6.13. The van der Waals surface area contributed by atoms with Crippen molar-refractivity contribution in [3.63, 3.8) is 0 Å². The first-order valence-corrected chi connectivity index (χ1v) is 10.8. The number of hydrogen-bond acceptors (Lipinski definition) is 5. The second kappa shape index (κ2) is 8.98. The molecule has 7 heteroatoms. The third kappa shape index (κ3) is 4.82. The molecule has 0 spiro atoms. The monoisotopic (exact) mass is 419 g/mol. The fourth-order valence-electron chi connectivity index (χ4n) is 4.10. The van der Waals surface area contributed by atoms with Gasteiger partial charge in [-0.2, -0.15) is 5.10 Å². The summed E-state index contributed by atoms with van der Waals surface area (Å²) in [5, 5.41) is 17.8. The van der Waals surface area contributed by atoms with Gasteiger partial charge in [-0.25, -0.2) is 4.98 Å². The van der Waals surface area contributed by atoms with Crippen molar-refractivity contribution < 1.29 is 9.90 Å². The maximum absolute atomic E-state index is 13.1. The number of aromatic nitrogens is 4. The SMILES string of the molecule is Cc1ccc(Cc2cc(C(=O)N[C@H]3CCCC[C@@H]3O)nc(-c3ccn(C)n3)c2C)cn1. The summed E-state index contributed by atoms with van der Waals surface area (Å²) in [6.45, 7) is 3.98. The third-order valence-corrected chi connectivity index (χ3v) is 5.98. The van der Waals surface area contributed by atoms with E-state index in [2.05, 4.69) is 26.4 Å². The number of hydrogen-bond donors (Lipinski definition) is 2. The summed E-state index contributed by atoms with van der Waals surface area (Å²) in [5.74, 6) is -0.258. The molecule has 1 fully saturated rings. The van der Waals surface area contributed by atoms with Gasteiger partial charge < -0.3 is 10.4 Å². The van der Waals surface area contributed by atoms with Crippen molar-refractivity contribution >= 4 is 5.91 Å². The van der Waals surface area contributed by atoms with Gasteiger partial charge in [0.15, 0.2) is 0 Å². The number of carbonyl (C=O) groups excluding carboxylic acids is 1. The number of aryl methyl sites for hydroxylation is 2. The Labute approximate surface area is 182 Å². The van der Waals surface area contributed by atoms with E-state index in [9.17, 15) is 9.90 Å². The minimum atomic E-state index is -0.503. The van der Waals surface area contributed by atoms with Crippen molar-refractivity contribution in [3.05, 3.63) is 64.7 Å². The molecule has 0 bridgehead atoms. The van der Waals surface area contributed by atoms with E-state index < -0.39 is 6.10 Å². The molecule has 4 rings (SSSR count). The van der Waals surface area contributed by atoms with Crippen molar-refractivity contribution in [2.75, 3.05) is 0 Å². The van der Waals surface area contributed by atoms with E-state index in [4.69, 9.17) is 0 Å². The molecule has 3 heterocycles. The highest BCUT2D eigenvalue weighted by atomic mass is 16.3. The Hall–Kier alpha value is -3.06. The number of nitrogens with one attached hydrogen (secondary N) is 1. The van der Waals surface area contributed by atoms with Crippen LogP contribution in [-0.4, -0.2) is 42.9 Å². The Morgan fingerprint density at radius 3 is 2.71 bits per heavy atom. The fourth-order valence-corrected chi connectivity index (χ4v) is 4.10. The summed E-state index contributed by atoms with van der Waals surface area (Å²) in [6, 6.07) is 7.57. The predicted molar refractivity (Wildman–Crippen MR) is 119 cm³/mol. The van der Waals surface area contributed by atoms with Crippen LogP contribution in [0.25, 0.3) is 11.4 Å².